The van der Waals surface area contributed by atoms with Gasteiger partial charge in [-0.2, -0.15) is 0 Å². The van der Waals surface area contributed by atoms with Crippen LogP contribution < -0.4 is 15.5 Å². The van der Waals surface area contributed by atoms with Crippen molar-refractivity contribution in [1.29, 1.82) is 0 Å². The van der Waals surface area contributed by atoms with E-state index in [1.165, 1.54) is 0 Å². The first-order chi connectivity index (χ1) is 18.3. The minimum Gasteiger partial charge on any atom is -0.756 e. The van der Waals surface area contributed by atoms with Crippen LogP contribution in [0.3, 0.4) is 0 Å². The molecule has 0 heterocycles. The van der Waals surface area contributed by atoms with Crippen molar-refractivity contribution >= 4 is 19.6 Å². The quantitative estimate of drug-likeness (QED) is 0.0900. The second kappa shape index (κ2) is 26.1. The van der Waals surface area contributed by atoms with E-state index >= 15 is 0 Å². The molecule has 2 amide bonds. The molecule has 0 saturated heterocycles. The molecule has 2 unspecified atom stereocenters. The summed E-state index contributed by atoms with van der Waals surface area (Å²) < 4.78 is 41.6. The van der Waals surface area contributed by atoms with Crippen molar-refractivity contribution in [3.05, 3.63) is 0 Å². The zero-order chi connectivity index (χ0) is 28.3. The fourth-order valence-corrected chi connectivity index (χ4v) is 3.51. The van der Waals surface area contributed by atoms with Gasteiger partial charge in [0, 0.05) is 60.0 Å². The van der Waals surface area contributed by atoms with Gasteiger partial charge >= 0.3 is 0 Å². The topological polar surface area (TPSA) is 174 Å². The number of amides is 2. The van der Waals surface area contributed by atoms with Gasteiger partial charge in [0.2, 0.25) is 11.8 Å². The molecular formula is C24H48N2O11P-. The first-order valence-electron chi connectivity index (χ1n) is 13.3. The summed E-state index contributed by atoms with van der Waals surface area (Å²) >= 11 is 0. The van der Waals surface area contributed by atoms with E-state index in [-0.39, 0.29) is 44.0 Å². The molecule has 0 aliphatic rings. The van der Waals surface area contributed by atoms with E-state index in [1.807, 2.05) is 0 Å². The Kier molecular flexibility index (Phi) is 25.3. The van der Waals surface area contributed by atoms with Gasteiger partial charge in [-0.3, -0.25) is 14.2 Å². The van der Waals surface area contributed by atoms with Crippen molar-refractivity contribution in [1.82, 2.24) is 10.6 Å². The maximum absolute atomic E-state index is 11.9. The van der Waals surface area contributed by atoms with Gasteiger partial charge in [-0.15, -0.1) is 0 Å². The number of aliphatic hydroxyl groups excluding tert-OH is 1. The number of hydrogen-bond donors (Lipinski definition) is 3. The Morgan fingerprint density at radius 1 is 0.789 bits per heavy atom. The standard InChI is InChI=1S/C24H49N2O11P/c1-32-18-19-35-21-22(36-16-9-14-27)20-34-15-8-13-26-24(29)11-7-10-23(28)25-12-5-3-4-6-17-37-38(30,31)33-2/h22,27H,3-21H2,1-2H3,(H,25,28)(H,26,29)(H,30,31)/p-1. The van der Waals surface area contributed by atoms with Crippen LogP contribution in [0.1, 0.15) is 57.8 Å². The van der Waals surface area contributed by atoms with E-state index in [0.29, 0.717) is 78.4 Å². The lowest BCUT2D eigenvalue weighted by molar-refractivity contribution is -0.223. The summed E-state index contributed by atoms with van der Waals surface area (Å²) in [4.78, 5) is 34.8. The zero-order valence-corrected chi connectivity index (χ0v) is 23.9. The highest BCUT2D eigenvalue weighted by Crippen LogP contribution is 2.36. The largest absolute Gasteiger partial charge is 0.756 e. The molecule has 14 heteroatoms. The Morgan fingerprint density at radius 2 is 1.42 bits per heavy atom. The van der Waals surface area contributed by atoms with E-state index in [0.717, 1.165) is 26.4 Å². The summed E-state index contributed by atoms with van der Waals surface area (Å²) in [5, 5.41) is 14.5. The van der Waals surface area contributed by atoms with Gasteiger partial charge in [0.05, 0.1) is 33.0 Å². The maximum atomic E-state index is 11.9. The van der Waals surface area contributed by atoms with Crippen LogP contribution in [0.2, 0.25) is 0 Å². The number of unbranched alkanes of at least 4 members (excludes halogenated alkanes) is 3. The molecule has 2 atom stereocenters. The maximum Gasteiger partial charge on any atom is 0.267 e. The van der Waals surface area contributed by atoms with E-state index in [9.17, 15) is 19.0 Å². The lowest BCUT2D eigenvalue weighted by Crippen LogP contribution is -2.29. The number of aliphatic hydroxyl groups is 1. The Balaban J connectivity index is 3.67. The van der Waals surface area contributed by atoms with E-state index in [2.05, 4.69) is 19.7 Å². The van der Waals surface area contributed by atoms with Gasteiger partial charge < -0.3 is 48.6 Å². The van der Waals surface area contributed by atoms with Crippen molar-refractivity contribution < 1.29 is 52.1 Å². The fourth-order valence-electron chi connectivity index (χ4n) is 3.06. The van der Waals surface area contributed by atoms with Gasteiger partial charge in [-0.05, 0) is 32.1 Å². The van der Waals surface area contributed by atoms with Crippen molar-refractivity contribution in [3.8, 4) is 0 Å². The predicted molar refractivity (Wildman–Crippen MR) is 138 cm³/mol. The highest BCUT2D eigenvalue weighted by molar-refractivity contribution is 7.45. The third-order valence-corrected chi connectivity index (χ3v) is 6.10. The molecule has 0 spiro atoms. The van der Waals surface area contributed by atoms with Crippen LogP contribution in [-0.4, -0.2) is 103 Å². The SMILES string of the molecule is COCCOCC(COCCCNC(=O)CCCC(=O)NCCCCCCOP(=O)([O-])OC)OCCCO. The molecule has 0 saturated carbocycles. The van der Waals surface area contributed by atoms with Crippen LogP contribution in [0.15, 0.2) is 0 Å². The predicted octanol–water partition coefficient (Wildman–Crippen LogP) is 0.918. The number of ether oxygens (including phenoxy) is 4. The number of carbonyl (C=O) groups is 2. The van der Waals surface area contributed by atoms with Crippen LogP contribution in [0.5, 0.6) is 0 Å². The lowest BCUT2D eigenvalue weighted by atomic mass is 10.2. The van der Waals surface area contributed by atoms with Crippen molar-refractivity contribution in [3.63, 3.8) is 0 Å². The van der Waals surface area contributed by atoms with Gasteiger partial charge in [0.1, 0.15) is 6.10 Å². The molecule has 13 nitrogen and oxygen atoms in total. The number of methoxy groups -OCH3 is 1. The molecule has 0 bridgehead atoms. The normalized spacial score (nSPS) is 13.7. The summed E-state index contributed by atoms with van der Waals surface area (Å²) in [7, 11) is -1.49. The molecule has 0 fully saturated rings. The van der Waals surface area contributed by atoms with E-state index in [1.54, 1.807) is 7.11 Å². The monoisotopic (exact) mass is 571 g/mol. The molecule has 0 rings (SSSR count). The number of hydrogen-bond acceptors (Lipinski definition) is 11. The van der Waals surface area contributed by atoms with E-state index in [4.69, 9.17) is 24.1 Å². The van der Waals surface area contributed by atoms with E-state index < -0.39 is 7.82 Å². The molecule has 0 radical (unpaired) electrons. The van der Waals surface area contributed by atoms with Crippen molar-refractivity contribution in [2.45, 2.75) is 63.9 Å². The second-order valence-electron chi connectivity index (χ2n) is 8.50. The number of nitrogens with one attached hydrogen (secondary N) is 2. The number of phosphoric acid groups is 1. The summed E-state index contributed by atoms with van der Waals surface area (Å²) in [6, 6.07) is 0. The zero-order valence-electron chi connectivity index (χ0n) is 23.0. The van der Waals surface area contributed by atoms with Crippen LogP contribution in [0.25, 0.3) is 0 Å². The number of phosphoric ester groups is 1. The van der Waals surface area contributed by atoms with Gasteiger partial charge in [0.25, 0.3) is 7.82 Å². The first kappa shape index (κ1) is 36.8. The molecule has 0 aliphatic carbocycles. The fraction of sp³-hybridized carbons (Fsp3) is 0.917. The highest BCUT2D eigenvalue weighted by atomic mass is 31.2. The molecule has 0 aromatic heterocycles. The Labute approximate surface area is 226 Å². The van der Waals surface area contributed by atoms with Gasteiger partial charge in [-0.25, -0.2) is 0 Å². The number of carbonyl (C=O) groups excluding carboxylic acids is 2. The summed E-state index contributed by atoms with van der Waals surface area (Å²) in [6.07, 6.45) is 4.99. The first-order valence-corrected chi connectivity index (χ1v) is 14.7. The average molecular weight is 572 g/mol. The second-order valence-corrected chi connectivity index (χ2v) is 10.0. The Bertz CT molecular complexity index is 628. The molecule has 0 aromatic carbocycles. The van der Waals surface area contributed by atoms with Crippen LogP contribution >= 0.6 is 7.82 Å². The number of rotatable bonds is 28. The highest BCUT2D eigenvalue weighted by Gasteiger charge is 2.10. The van der Waals surface area contributed by atoms with Crippen LogP contribution in [-0.2, 0) is 42.1 Å². The minimum atomic E-state index is -4.15. The molecule has 0 aliphatic heterocycles. The summed E-state index contributed by atoms with van der Waals surface area (Å²) in [5.41, 5.74) is 0. The molecule has 226 valence electrons. The van der Waals surface area contributed by atoms with Crippen molar-refractivity contribution in [2.24, 2.45) is 0 Å². The lowest BCUT2D eigenvalue weighted by Gasteiger charge is -2.19. The Hall–Kier alpha value is -1.15. The summed E-state index contributed by atoms with van der Waals surface area (Å²) in [5.74, 6) is -0.197. The van der Waals surface area contributed by atoms with Gasteiger partial charge in [0.15, 0.2) is 0 Å². The van der Waals surface area contributed by atoms with Gasteiger partial charge in [-0.1, -0.05) is 12.8 Å². The Morgan fingerprint density at radius 3 is 2.05 bits per heavy atom. The smallest absolute Gasteiger partial charge is 0.267 e. The molecular weight excluding hydrogens is 523 g/mol. The summed E-state index contributed by atoms with van der Waals surface area (Å²) in [6.45, 7) is 3.75. The van der Waals surface area contributed by atoms with Crippen LogP contribution in [0.4, 0.5) is 0 Å². The van der Waals surface area contributed by atoms with Crippen LogP contribution in [0, 0.1) is 0 Å². The minimum absolute atomic E-state index is 0.0635. The molecule has 38 heavy (non-hydrogen) atoms. The molecule has 3 N–H and O–H groups in total. The average Bonchev–Trinajstić information content (AvgIpc) is 2.89. The van der Waals surface area contributed by atoms with Crippen molar-refractivity contribution in [2.75, 3.05) is 80.2 Å². The third kappa shape index (κ3) is 25.1. The molecule has 0 aromatic rings. The third-order valence-electron chi connectivity index (χ3n) is 5.16.